The Kier molecular flexibility index (Phi) is 4.00. The maximum Gasteiger partial charge on any atom is 0.322 e. The second-order valence-corrected chi connectivity index (χ2v) is 1.61. The van der Waals surface area contributed by atoms with E-state index in [2.05, 4.69) is 10.3 Å². The van der Waals surface area contributed by atoms with Crippen molar-refractivity contribution >= 4 is 5.97 Å². The Balaban J connectivity index is 3.27. The van der Waals surface area contributed by atoms with Crippen molar-refractivity contribution < 1.29 is 14.7 Å². The third-order valence-electron chi connectivity index (χ3n) is 0.775. The third kappa shape index (κ3) is 3.93. The Labute approximate surface area is 53.8 Å². The minimum Gasteiger partial charge on any atom is -0.480 e. The van der Waals surface area contributed by atoms with Gasteiger partial charge >= 0.3 is 5.97 Å². The molecule has 0 aromatic carbocycles. The van der Waals surface area contributed by atoms with Crippen LogP contribution >= 0.6 is 0 Å². The first-order chi connectivity index (χ1) is 4.18. The number of hydrogen-bond donors (Lipinski definition) is 2. The van der Waals surface area contributed by atoms with Crippen LogP contribution in [0.1, 0.15) is 13.8 Å². The van der Waals surface area contributed by atoms with Gasteiger partial charge in [-0.3, -0.25) is 4.79 Å². The van der Waals surface area contributed by atoms with Crippen LogP contribution in [-0.4, -0.2) is 23.7 Å². The van der Waals surface area contributed by atoms with Crippen LogP contribution in [0, 0.1) is 0 Å². The number of rotatable bonds is 4. The van der Waals surface area contributed by atoms with Crippen LogP contribution in [0.4, 0.5) is 0 Å². The smallest absolute Gasteiger partial charge is 0.322 e. The molecule has 0 unspecified atom stereocenters. The summed E-state index contributed by atoms with van der Waals surface area (Å²) in [5.74, 6) is -0.913. The van der Waals surface area contributed by atoms with Crippen LogP contribution in [0.5, 0.6) is 0 Å². The molecular formula is C5H11NO3. The monoisotopic (exact) mass is 133 g/mol. The predicted octanol–water partition coefficient (Wildman–Crippen LogP) is 0.000600. The highest BCUT2D eigenvalue weighted by atomic mass is 16.6. The fourth-order valence-electron chi connectivity index (χ4n) is 0.259. The Bertz CT molecular complexity index is 94.2. The van der Waals surface area contributed by atoms with Gasteiger partial charge in [0.15, 0.2) is 0 Å². The van der Waals surface area contributed by atoms with Gasteiger partial charge in [-0.1, -0.05) is 0 Å². The Morgan fingerprint density at radius 3 is 2.78 bits per heavy atom. The van der Waals surface area contributed by atoms with E-state index in [-0.39, 0.29) is 0 Å². The first-order valence-corrected chi connectivity index (χ1v) is 2.78. The zero-order valence-corrected chi connectivity index (χ0v) is 5.55. The Morgan fingerprint density at radius 2 is 2.44 bits per heavy atom. The van der Waals surface area contributed by atoms with Crippen molar-refractivity contribution in [3.63, 3.8) is 0 Å². The molecule has 0 radical (unpaired) electrons. The standard InChI is InChI=1S/C5H11NO3/c1-3-9-6-4(2)5(7)8/h4,6H,3H2,1-2H3,(H,7,8)/t4-/m0/s1. The largest absolute Gasteiger partial charge is 0.480 e. The molecule has 0 amide bonds. The van der Waals surface area contributed by atoms with E-state index in [0.29, 0.717) is 6.61 Å². The fourth-order valence-corrected chi connectivity index (χ4v) is 0.259. The highest BCUT2D eigenvalue weighted by molar-refractivity contribution is 5.72. The summed E-state index contributed by atoms with van der Waals surface area (Å²) in [5, 5.41) is 8.27. The van der Waals surface area contributed by atoms with Crippen LogP contribution in [0.2, 0.25) is 0 Å². The molecule has 0 aliphatic heterocycles. The molecule has 0 aromatic heterocycles. The lowest BCUT2D eigenvalue weighted by molar-refractivity contribution is -0.143. The van der Waals surface area contributed by atoms with E-state index in [1.54, 1.807) is 6.92 Å². The number of hydroxylamine groups is 1. The van der Waals surface area contributed by atoms with E-state index < -0.39 is 12.0 Å². The molecule has 0 saturated heterocycles. The van der Waals surface area contributed by atoms with E-state index in [9.17, 15) is 4.79 Å². The zero-order valence-electron chi connectivity index (χ0n) is 5.55. The highest BCUT2D eigenvalue weighted by Gasteiger charge is 2.08. The maximum atomic E-state index is 10.1. The number of nitrogens with one attached hydrogen (secondary N) is 1. The summed E-state index contributed by atoms with van der Waals surface area (Å²) in [7, 11) is 0. The van der Waals surface area contributed by atoms with Gasteiger partial charge in [-0.2, -0.15) is 5.48 Å². The van der Waals surface area contributed by atoms with E-state index in [1.165, 1.54) is 6.92 Å². The van der Waals surface area contributed by atoms with Gasteiger partial charge in [0.1, 0.15) is 6.04 Å². The molecule has 1 atom stereocenters. The van der Waals surface area contributed by atoms with Gasteiger partial charge in [-0.05, 0) is 13.8 Å². The minimum atomic E-state index is -0.913. The predicted molar refractivity (Wildman–Crippen MR) is 31.9 cm³/mol. The second-order valence-electron chi connectivity index (χ2n) is 1.61. The second kappa shape index (κ2) is 4.29. The number of carboxylic acid groups (broad SMARTS) is 1. The average Bonchev–Trinajstić information content (AvgIpc) is 1.82. The van der Waals surface area contributed by atoms with Gasteiger partial charge in [-0.25, -0.2) is 0 Å². The molecule has 4 nitrogen and oxygen atoms in total. The molecule has 0 aliphatic rings. The number of hydrogen-bond acceptors (Lipinski definition) is 3. The van der Waals surface area contributed by atoms with Crippen molar-refractivity contribution in [3.05, 3.63) is 0 Å². The van der Waals surface area contributed by atoms with E-state index >= 15 is 0 Å². The number of carbonyl (C=O) groups is 1. The van der Waals surface area contributed by atoms with E-state index in [1.807, 2.05) is 0 Å². The fraction of sp³-hybridized carbons (Fsp3) is 0.800. The van der Waals surface area contributed by atoms with Crippen LogP contribution in [-0.2, 0) is 9.63 Å². The summed E-state index contributed by atoms with van der Waals surface area (Å²) >= 11 is 0. The maximum absolute atomic E-state index is 10.1. The van der Waals surface area contributed by atoms with Crippen molar-refractivity contribution in [1.29, 1.82) is 0 Å². The molecular weight excluding hydrogens is 122 g/mol. The van der Waals surface area contributed by atoms with Gasteiger partial charge in [0, 0.05) is 0 Å². The first-order valence-electron chi connectivity index (χ1n) is 2.78. The SMILES string of the molecule is CCON[C@@H](C)C(=O)O. The summed E-state index contributed by atoms with van der Waals surface area (Å²) in [5.41, 5.74) is 2.33. The van der Waals surface area contributed by atoms with Crippen LogP contribution < -0.4 is 5.48 Å². The molecule has 4 heteroatoms. The van der Waals surface area contributed by atoms with Gasteiger partial charge < -0.3 is 9.94 Å². The quantitative estimate of drug-likeness (QED) is 0.530. The molecule has 0 spiro atoms. The molecule has 0 rings (SSSR count). The third-order valence-corrected chi connectivity index (χ3v) is 0.775. The number of carboxylic acids is 1. The molecule has 2 N–H and O–H groups in total. The van der Waals surface area contributed by atoms with Gasteiger partial charge in [0.05, 0.1) is 6.61 Å². The van der Waals surface area contributed by atoms with Crippen molar-refractivity contribution in [3.8, 4) is 0 Å². The summed E-state index contributed by atoms with van der Waals surface area (Å²) in [6.07, 6.45) is 0. The van der Waals surface area contributed by atoms with Gasteiger partial charge in [-0.15, -0.1) is 0 Å². The highest BCUT2D eigenvalue weighted by Crippen LogP contribution is 1.79. The molecule has 9 heavy (non-hydrogen) atoms. The molecule has 0 aromatic rings. The van der Waals surface area contributed by atoms with E-state index in [4.69, 9.17) is 5.11 Å². The molecule has 0 saturated carbocycles. The molecule has 0 fully saturated rings. The first kappa shape index (κ1) is 8.39. The number of aliphatic carboxylic acids is 1. The molecule has 0 aliphatic carbocycles. The summed E-state index contributed by atoms with van der Waals surface area (Å²) < 4.78 is 0. The Hall–Kier alpha value is -0.610. The van der Waals surface area contributed by atoms with Crippen LogP contribution in [0.15, 0.2) is 0 Å². The summed E-state index contributed by atoms with van der Waals surface area (Å²) in [6.45, 7) is 3.76. The Morgan fingerprint density at radius 1 is 1.89 bits per heavy atom. The normalized spacial score (nSPS) is 13.1. The van der Waals surface area contributed by atoms with Crippen LogP contribution in [0.25, 0.3) is 0 Å². The lowest BCUT2D eigenvalue weighted by Crippen LogP contribution is -2.33. The zero-order chi connectivity index (χ0) is 7.28. The van der Waals surface area contributed by atoms with Crippen molar-refractivity contribution in [1.82, 2.24) is 5.48 Å². The average molecular weight is 133 g/mol. The summed E-state index contributed by atoms with van der Waals surface area (Å²) in [6, 6.07) is -0.634. The van der Waals surface area contributed by atoms with Crippen molar-refractivity contribution in [2.45, 2.75) is 19.9 Å². The molecule has 0 bridgehead atoms. The van der Waals surface area contributed by atoms with E-state index in [0.717, 1.165) is 0 Å². The lowest BCUT2D eigenvalue weighted by atomic mass is 10.4. The van der Waals surface area contributed by atoms with Crippen LogP contribution in [0.3, 0.4) is 0 Å². The molecule has 54 valence electrons. The van der Waals surface area contributed by atoms with Gasteiger partial charge in [0.25, 0.3) is 0 Å². The topological polar surface area (TPSA) is 58.6 Å². The van der Waals surface area contributed by atoms with Crippen molar-refractivity contribution in [2.24, 2.45) is 0 Å². The molecule has 0 heterocycles. The summed E-state index contributed by atoms with van der Waals surface area (Å²) in [4.78, 5) is 14.7. The minimum absolute atomic E-state index is 0.470. The van der Waals surface area contributed by atoms with Gasteiger partial charge in [0.2, 0.25) is 0 Å². The van der Waals surface area contributed by atoms with Crippen molar-refractivity contribution in [2.75, 3.05) is 6.61 Å². The lowest BCUT2D eigenvalue weighted by Gasteiger charge is -2.06.